The fraction of sp³-hybridized carbons (Fsp3) is 0.333. The fourth-order valence-corrected chi connectivity index (χ4v) is 5.67. The predicted octanol–water partition coefficient (Wildman–Crippen LogP) is 0.876. The number of aromatic hydroxyl groups is 1. The number of carbonyl (C=O) groups excluding carboxylic acids is 2. The second-order valence-electron chi connectivity index (χ2n) is 8.70. The van der Waals surface area contributed by atoms with Crippen molar-refractivity contribution < 1.29 is 40.6 Å². The molecule has 4 rings (SSSR count). The van der Waals surface area contributed by atoms with Gasteiger partial charge in [-0.05, 0) is 25.9 Å². The van der Waals surface area contributed by atoms with E-state index in [-0.39, 0.29) is 22.2 Å². The van der Waals surface area contributed by atoms with Gasteiger partial charge in [0.25, 0.3) is 0 Å². The first-order chi connectivity index (χ1) is 17.0. The van der Waals surface area contributed by atoms with E-state index in [1.54, 1.807) is 18.2 Å². The van der Waals surface area contributed by atoms with Crippen LogP contribution < -0.4 is 36.6 Å². The topological polar surface area (TPSA) is 90.9 Å². The molecule has 0 atom stereocenters. The number of benzene rings is 2. The molecular weight excluding hydrogens is 557 g/mol. The summed E-state index contributed by atoms with van der Waals surface area (Å²) in [6.45, 7) is 5.56. The first kappa shape index (κ1) is 25.2. The molecule has 2 aromatic carbocycles. The van der Waals surface area contributed by atoms with Crippen molar-refractivity contribution in [2.45, 2.75) is 26.2 Å². The molecule has 7 nitrogen and oxygen atoms in total. The molecule has 1 saturated heterocycles. The Labute approximate surface area is 216 Å². The average Bonchev–Trinajstić information content (AvgIpc) is 3.07. The molecule has 0 spiro atoms. The Morgan fingerprint density at radius 3 is 2.60 bits per heavy atom. The fourth-order valence-electron chi connectivity index (χ4n) is 4.07. The number of halogens is 1. The van der Waals surface area contributed by atoms with Crippen LogP contribution in [0.3, 0.4) is 0 Å². The molecule has 8 heteroatoms. The summed E-state index contributed by atoms with van der Waals surface area (Å²) in [6, 6.07) is 12.8. The molecule has 2 amide bonds. The molecule has 2 aliphatic rings. The Morgan fingerprint density at radius 2 is 1.86 bits per heavy atom. The number of carbonyl (C=O) groups is 2. The minimum atomic E-state index is -0.808. The minimum absolute atomic E-state index is 0.0158. The standard InChI is InChI=1S/C27H31IN3O4/c1-19-15-21(7-10-25(19)32)22-16-24(30-27(34)28-17-22)20-5-8-23(9-6-20)35-18-26(33)29-11-14-31-12-3-2-4-13-31/h5-10,15-17,32H,2-4,11-14,18H2,1H3,(H,29,33)(H,30,34)/q-1. The van der Waals surface area contributed by atoms with Crippen LogP contribution in [0.5, 0.6) is 11.5 Å². The summed E-state index contributed by atoms with van der Waals surface area (Å²) < 4.78 is 7.66. The van der Waals surface area contributed by atoms with Crippen molar-refractivity contribution in [3.63, 3.8) is 0 Å². The maximum atomic E-state index is 12.3. The van der Waals surface area contributed by atoms with E-state index < -0.39 is 21.2 Å². The number of piperidine rings is 1. The van der Waals surface area contributed by atoms with Crippen LogP contribution >= 0.6 is 0 Å². The van der Waals surface area contributed by atoms with Gasteiger partial charge >= 0.3 is 173 Å². The van der Waals surface area contributed by atoms with Crippen LogP contribution in [-0.2, 0) is 4.79 Å². The third kappa shape index (κ3) is 7.32. The van der Waals surface area contributed by atoms with E-state index >= 15 is 0 Å². The Morgan fingerprint density at radius 1 is 1.11 bits per heavy atom. The van der Waals surface area contributed by atoms with Gasteiger partial charge in [0.2, 0.25) is 0 Å². The molecule has 0 aliphatic carbocycles. The molecular formula is C27H31IN3O4-. The molecule has 3 N–H and O–H groups in total. The number of likely N-dealkylation sites (tertiary alicyclic amines) is 1. The van der Waals surface area contributed by atoms with Crippen LogP contribution in [0.25, 0.3) is 11.3 Å². The number of aryl methyl sites for hydroxylation is 1. The number of hydrogen-bond donors (Lipinski definition) is 3. The number of amides is 2. The Balaban J connectivity index is 1.34. The summed E-state index contributed by atoms with van der Waals surface area (Å²) in [4.78, 5) is 26.9. The average molecular weight is 588 g/mol. The molecule has 186 valence electrons. The van der Waals surface area contributed by atoms with Gasteiger partial charge < -0.3 is 4.90 Å². The molecule has 0 bridgehead atoms. The van der Waals surface area contributed by atoms with E-state index in [4.69, 9.17) is 4.74 Å². The first-order valence-corrected chi connectivity index (χ1v) is 14.2. The van der Waals surface area contributed by atoms with Crippen molar-refractivity contribution in [3.8, 4) is 11.5 Å². The van der Waals surface area contributed by atoms with Gasteiger partial charge in [-0.15, -0.1) is 0 Å². The normalized spacial score (nSPS) is 16.8. The van der Waals surface area contributed by atoms with Crippen LogP contribution in [0.2, 0.25) is 0 Å². The Hall–Kier alpha value is -2.85. The van der Waals surface area contributed by atoms with E-state index in [0.29, 0.717) is 18.0 Å². The van der Waals surface area contributed by atoms with Crippen molar-refractivity contribution >= 4 is 21.1 Å². The summed E-state index contributed by atoms with van der Waals surface area (Å²) in [6.07, 6.45) is 5.74. The molecule has 0 saturated carbocycles. The molecule has 0 radical (unpaired) electrons. The van der Waals surface area contributed by atoms with E-state index in [2.05, 4.69) is 15.5 Å². The maximum absolute atomic E-state index is 12.3. The summed E-state index contributed by atoms with van der Waals surface area (Å²) >= 11 is -0.808. The Bertz CT molecular complexity index is 1120. The summed E-state index contributed by atoms with van der Waals surface area (Å²) in [5, 5.41) is 15.8. The molecule has 0 aromatic heterocycles. The number of rotatable bonds is 8. The third-order valence-electron chi connectivity index (χ3n) is 6.07. The van der Waals surface area contributed by atoms with Gasteiger partial charge in [0, 0.05) is 6.54 Å². The molecule has 2 aliphatic heterocycles. The number of allylic oxidation sites excluding steroid dienone is 2. The predicted molar refractivity (Wildman–Crippen MR) is 133 cm³/mol. The van der Waals surface area contributed by atoms with Crippen LogP contribution in [0, 0.1) is 6.92 Å². The number of phenolic OH excluding ortho intramolecular Hbond substituents is 1. The zero-order valence-corrected chi connectivity index (χ0v) is 22.0. The molecule has 1 fully saturated rings. The van der Waals surface area contributed by atoms with E-state index in [1.165, 1.54) is 19.3 Å². The van der Waals surface area contributed by atoms with Crippen molar-refractivity contribution in [3.05, 3.63) is 69.3 Å². The van der Waals surface area contributed by atoms with Crippen molar-refractivity contribution in [1.29, 1.82) is 0 Å². The number of ether oxygens (including phenoxy) is 1. The van der Waals surface area contributed by atoms with Gasteiger partial charge in [0.15, 0.2) is 0 Å². The summed E-state index contributed by atoms with van der Waals surface area (Å²) in [7, 11) is 0. The zero-order valence-electron chi connectivity index (χ0n) is 19.9. The summed E-state index contributed by atoms with van der Waals surface area (Å²) in [5.74, 6) is 0.716. The van der Waals surface area contributed by atoms with Crippen molar-refractivity contribution in [1.82, 2.24) is 15.5 Å². The van der Waals surface area contributed by atoms with E-state index in [1.807, 2.05) is 41.3 Å². The van der Waals surface area contributed by atoms with E-state index in [0.717, 1.165) is 41.9 Å². The quantitative estimate of drug-likeness (QED) is 0.242. The number of hydrogen-bond acceptors (Lipinski definition) is 5. The first-order valence-electron chi connectivity index (χ1n) is 11.9. The number of nitrogens with zero attached hydrogens (tertiary/aromatic N) is 1. The van der Waals surface area contributed by atoms with Crippen molar-refractivity contribution in [2.75, 3.05) is 32.8 Å². The second-order valence-corrected chi connectivity index (χ2v) is 10.9. The van der Waals surface area contributed by atoms with Gasteiger partial charge in [0.1, 0.15) is 0 Å². The zero-order chi connectivity index (χ0) is 24.6. The third-order valence-corrected chi connectivity index (χ3v) is 7.89. The second kappa shape index (κ2) is 12.2. The van der Waals surface area contributed by atoms with Crippen LogP contribution in [0.15, 0.2) is 52.6 Å². The van der Waals surface area contributed by atoms with Gasteiger partial charge in [-0.3, -0.25) is 0 Å². The molecule has 0 unspecified atom stereocenters. The SMILES string of the molecule is Cc1cc(C2=C[I-]C(=O)NC(c3ccc(OCC(=O)NCCN4CCCCC4)cc3)=C2)ccc1O. The molecule has 2 heterocycles. The number of nitrogens with one attached hydrogen (secondary N) is 2. The van der Waals surface area contributed by atoms with Gasteiger partial charge in [-0.2, -0.15) is 0 Å². The molecule has 2 aromatic rings. The van der Waals surface area contributed by atoms with Crippen LogP contribution in [0.4, 0.5) is 4.79 Å². The van der Waals surface area contributed by atoms with Crippen LogP contribution in [-0.4, -0.2) is 52.6 Å². The van der Waals surface area contributed by atoms with Crippen LogP contribution in [0.1, 0.15) is 36.0 Å². The number of phenols is 1. The van der Waals surface area contributed by atoms with Gasteiger partial charge in [-0.25, -0.2) is 0 Å². The van der Waals surface area contributed by atoms with Crippen molar-refractivity contribution in [2.24, 2.45) is 0 Å². The van der Waals surface area contributed by atoms with Gasteiger partial charge in [0.05, 0.1) is 0 Å². The monoisotopic (exact) mass is 588 g/mol. The molecule has 35 heavy (non-hydrogen) atoms. The Kier molecular flexibility index (Phi) is 8.81. The summed E-state index contributed by atoms with van der Waals surface area (Å²) in [5.41, 5.74) is 4.27. The van der Waals surface area contributed by atoms with Gasteiger partial charge in [-0.1, -0.05) is 6.42 Å². The van der Waals surface area contributed by atoms with E-state index in [9.17, 15) is 14.7 Å².